The molecule has 1 heterocycles. The Kier molecular flexibility index (Phi) is 1.88. The predicted molar refractivity (Wildman–Crippen MR) is 56.1 cm³/mol. The van der Waals surface area contributed by atoms with E-state index in [2.05, 4.69) is 27.6 Å². The molecule has 0 fully saturated rings. The molecule has 1 N–H and O–H groups in total. The van der Waals surface area contributed by atoms with Crippen LogP contribution in [0, 0.1) is 3.57 Å². The van der Waals surface area contributed by atoms with Gasteiger partial charge in [0.15, 0.2) is 0 Å². The molecule has 1 aromatic carbocycles. The van der Waals surface area contributed by atoms with Crippen LogP contribution < -0.4 is 0 Å². The largest absolute Gasteiger partial charge is 0.506 e. The first-order valence-electron chi connectivity index (χ1n) is 3.51. The third kappa shape index (κ3) is 1.14. The average molecular weight is 271 g/mol. The van der Waals surface area contributed by atoms with Crippen molar-refractivity contribution in [1.82, 2.24) is 4.98 Å². The Balaban J connectivity index is 2.95. The van der Waals surface area contributed by atoms with Crippen molar-refractivity contribution in [2.24, 2.45) is 0 Å². The predicted octanol–water partition coefficient (Wildman–Crippen LogP) is 2.55. The zero-order valence-electron chi connectivity index (χ0n) is 6.16. The van der Waals surface area contributed by atoms with Gasteiger partial charge in [-0.2, -0.15) is 0 Å². The number of pyridine rings is 1. The van der Waals surface area contributed by atoms with E-state index in [4.69, 9.17) is 0 Å². The molecule has 0 bridgehead atoms. The fraction of sp³-hybridized carbons (Fsp3) is 0. The highest BCUT2D eigenvalue weighted by Gasteiger charge is 2.02. The van der Waals surface area contributed by atoms with Crippen molar-refractivity contribution in [1.29, 1.82) is 0 Å². The lowest BCUT2D eigenvalue weighted by molar-refractivity contribution is 0.480. The summed E-state index contributed by atoms with van der Waals surface area (Å²) in [6.07, 6.45) is 1.68. The average Bonchev–Trinajstić information content (AvgIpc) is 2.12. The van der Waals surface area contributed by atoms with Crippen LogP contribution in [0.15, 0.2) is 30.5 Å². The fourth-order valence-electron chi connectivity index (χ4n) is 1.12. The lowest BCUT2D eigenvalue weighted by atomic mass is 10.2. The third-order valence-electron chi connectivity index (χ3n) is 1.70. The number of hydrogen-bond acceptors (Lipinski definition) is 2. The number of nitrogens with zero attached hydrogens (tertiary/aromatic N) is 1. The van der Waals surface area contributed by atoms with E-state index in [1.807, 2.05) is 18.2 Å². The molecule has 0 aliphatic heterocycles. The number of halogens is 1. The molecule has 0 unspecified atom stereocenters. The van der Waals surface area contributed by atoms with E-state index in [1.54, 1.807) is 12.3 Å². The zero-order valence-corrected chi connectivity index (χ0v) is 8.32. The van der Waals surface area contributed by atoms with Crippen LogP contribution in [0.3, 0.4) is 0 Å². The van der Waals surface area contributed by atoms with E-state index in [9.17, 15) is 5.11 Å². The molecule has 0 radical (unpaired) electrons. The van der Waals surface area contributed by atoms with Gasteiger partial charge in [0.25, 0.3) is 0 Å². The van der Waals surface area contributed by atoms with Gasteiger partial charge in [0.05, 0.1) is 0 Å². The smallest absolute Gasteiger partial charge is 0.141 e. The summed E-state index contributed by atoms with van der Waals surface area (Å²) in [6.45, 7) is 0. The minimum absolute atomic E-state index is 0.242. The number of hydrogen-bond donors (Lipinski definition) is 1. The van der Waals surface area contributed by atoms with Gasteiger partial charge in [-0.1, -0.05) is 6.07 Å². The third-order valence-corrected chi connectivity index (χ3v) is 2.64. The molecular formula is C9H6INO. The highest BCUT2D eigenvalue weighted by molar-refractivity contribution is 14.1. The molecule has 2 nitrogen and oxygen atoms in total. The summed E-state index contributed by atoms with van der Waals surface area (Å²) in [5.41, 5.74) is 0.671. The maximum atomic E-state index is 9.43. The topological polar surface area (TPSA) is 33.1 Å². The second-order valence-electron chi connectivity index (χ2n) is 2.47. The molecule has 0 saturated carbocycles. The Labute approximate surface area is 83.4 Å². The molecule has 0 atom stereocenters. The van der Waals surface area contributed by atoms with Crippen LogP contribution in [-0.4, -0.2) is 10.1 Å². The quantitative estimate of drug-likeness (QED) is 0.747. The molecule has 0 amide bonds. The van der Waals surface area contributed by atoms with E-state index in [0.29, 0.717) is 5.52 Å². The number of aromatic hydroxyl groups is 1. The minimum Gasteiger partial charge on any atom is -0.506 e. The summed E-state index contributed by atoms with van der Waals surface area (Å²) >= 11 is 2.22. The SMILES string of the molecule is Oc1ccc(I)c2cccnc12. The van der Waals surface area contributed by atoms with E-state index >= 15 is 0 Å². The van der Waals surface area contributed by atoms with Gasteiger partial charge < -0.3 is 5.11 Å². The van der Waals surface area contributed by atoms with Crippen molar-refractivity contribution in [2.45, 2.75) is 0 Å². The van der Waals surface area contributed by atoms with Gasteiger partial charge >= 0.3 is 0 Å². The molecule has 2 rings (SSSR count). The van der Waals surface area contributed by atoms with Crippen molar-refractivity contribution < 1.29 is 5.11 Å². The van der Waals surface area contributed by atoms with Gasteiger partial charge in [-0.15, -0.1) is 0 Å². The molecule has 1 aromatic heterocycles. The number of rotatable bonds is 0. The number of aromatic nitrogens is 1. The first-order valence-corrected chi connectivity index (χ1v) is 4.59. The Bertz CT molecular complexity index is 387. The van der Waals surface area contributed by atoms with Crippen LogP contribution in [0.1, 0.15) is 0 Å². The summed E-state index contributed by atoms with van der Waals surface area (Å²) in [6, 6.07) is 7.35. The fourth-order valence-corrected chi connectivity index (χ4v) is 1.74. The first kappa shape index (κ1) is 7.79. The molecule has 0 aliphatic rings. The Morgan fingerprint density at radius 3 is 2.83 bits per heavy atom. The van der Waals surface area contributed by atoms with Crippen molar-refractivity contribution in [3.8, 4) is 5.75 Å². The van der Waals surface area contributed by atoms with Crippen LogP contribution in [0.5, 0.6) is 5.75 Å². The van der Waals surface area contributed by atoms with Crippen LogP contribution >= 0.6 is 22.6 Å². The van der Waals surface area contributed by atoms with E-state index in [0.717, 1.165) is 8.96 Å². The highest BCUT2D eigenvalue weighted by atomic mass is 127. The summed E-state index contributed by atoms with van der Waals surface area (Å²) < 4.78 is 1.11. The van der Waals surface area contributed by atoms with Gasteiger partial charge in [0.1, 0.15) is 11.3 Å². The van der Waals surface area contributed by atoms with Crippen LogP contribution in [0.25, 0.3) is 10.9 Å². The van der Waals surface area contributed by atoms with Gasteiger partial charge in [-0.25, -0.2) is 0 Å². The first-order chi connectivity index (χ1) is 5.79. The van der Waals surface area contributed by atoms with Crippen LogP contribution in [-0.2, 0) is 0 Å². The molecule has 12 heavy (non-hydrogen) atoms. The zero-order chi connectivity index (χ0) is 8.55. The Morgan fingerprint density at radius 2 is 2.08 bits per heavy atom. The molecule has 0 spiro atoms. The minimum atomic E-state index is 0.242. The maximum Gasteiger partial charge on any atom is 0.141 e. The van der Waals surface area contributed by atoms with Gasteiger partial charge in [-0.05, 0) is 40.8 Å². The molecule has 2 aromatic rings. The normalized spacial score (nSPS) is 10.4. The van der Waals surface area contributed by atoms with Crippen molar-refractivity contribution in [3.63, 3.8) is 0 Å². The van der Waals surface area contributed by atoms with Crippen LogP contribution in [0.2, 0.25) is 0 Å². The number of fused-ring (bicyclic) bond motifs is 1. The highest BCUT2D eigenvalue weighted by Crippen LogP contribution is 2.25. The number of phenols is 1. The van der Waals surface area contributed by atoms with Crippen molar-refractivity contribution in [2.75, 3.05) is 0 Å². The second kappa shape index (κ2) is 2.90. The standard InChI is InChI=1S/C9H6INO/c10-7-3-4-8(12)9-6(7)2-1-5-11-9/h1-5,12H. The number of benzene rings is 1. The summed E-state index contributed by atoms with van der Waals surface area (Å²) in [4.78, 5) is 4.09. The van der Waals surface area contributed by atoms with Gasteiger partial charge in [0, 0.05) is 15.2 Å². The van der Waals surface area contributed by atoms with Gasteiger partial charge in [-0.3, -0.25) is 4.98 Å². The Hall–Kier alpha value is -0.840. The van der Waals surface area contributed by atoms with Crippen molar-refractivity contribution in [3.05, 3.63) is 34.0 Å². The molecular weight excluding hydrogens is 265 g/mol. The summed E-state index contributed by atoms with van der Waals surface area (Å²) in [5, 5.41) is 10.4. The lowest BCUT2D eigenvalue weighted by Crippen LogP contribution is -1.81. The molecule has 0 saturated heterocycles. The lowest BCUT2D eigenvalue weighted by Gasteiger charge is -2.00. The van der Waals surface area contributed by atoms with Gasteiger partial charge in [0.2, 0.25) is 0 Å². The van der Waals surface area contributed by atoms with E-state index in [-0.39, 0.29) is 5.75 Å². The number of phenolic OH excluding ortho intramolecular Hbond substituents is 1. The van der Waals surface area contributed by atoms with Crippen molar-refractivity contribution >= 4 is 33.5 Å². The Morgan fingerprint density at radius 1 is 1.25 bits per heavy atom. The maximum absolute atomic E-state index is 9.43. The summed E-state index contributed by atoms with van der Waals surface area (Å²) in [7, 11) is 0. The summed E-state index contributed by atoms with van der Waals surface area (Å²) in [5.74, 6) is 0.242. The molecule has 3 heteroatoms. The monoisotopic (exact) mass is 271 g/mol. The van der Waals surface area contributed by atoms with E-state index in [1.165, 1.54) is 0 Å². The molecule has 60 valence electrons. The second-order valence-corrected chi connectivity index (χ2v) is 3.63. The van der Waals surface area contributed by atoms with Crippen LogP contribution in [0.4, 0.5) is 0 Å². The van der Waals surface area contributed by atoms with E-state index < -0.39 is 0 Å². The molecule has 0 aliphatic carbocycles.